The number of nitrogens with zero attached hydrogens (tertiary/aromatic N) is 3. The van der Waals surface area contributed by atoms with Gasteiger partial charge >= 0.3 is 6.18 Å². The maximum atomic E-state index is 13.2. The molecule has 1 aliphatic heterocycles. The standard InChI is InChI=1S/C26H22F3N5O/c1-17(32-21-8-3-6-19(14-21)24-15-30-16-35-24)34-12-4-11-31-23-10-9-22(33-25(23)34)18-5-2-7-20(13-18)26(27,28)29/h2-3,5-10,13-16,31-32H,1,4,11-12H2. The van der Waals surface area contributed by atoms with E-state index in [1.54, 1.807) is 18.3 Å². The van der Waals surface area contributed by atoms with Crippen LogP contribution in [0.15, 0.2) is 90.1 Å². The molecule has 0 fully saturated rings. The Morgan fingerprint density at radius 2 is 1.89 bits per heavy atom. The van der Waals surface area contributed by atoms with E-state index in [2.05, 4.69) is 22.2 Å². The summed E-state index contributed by atoms with van der Waals surface area (Å²) in [5, 5.41) is 6.67. The van der Waals surface area contributed by atoms with Crippen molar-refractivity contribution in [2.45, 2.75) is 12.6 Å². The van der Waals surface area contributed by atoms with Crippen LogP contribution in [0.3, 0.4) is 0 Å². The van der Waals surface area contributed by atoms with Crippen molar-refractivity contribution >= 4 is 17.2 Å². The fraction of sp³-hybridized carbons (Fsp3) is 0.154. The summed E-state index contributed by atoms with van der Waals surface area (Å²) in [5.41, 5.74) is 2.59. The van der Waals surface area contributed by atoms with Crippen molar-refractivity contribution in [1.29, 1.82) is 0 Å². The van der Waals surface area contributed by atoms with E-state index in [1.807, 2.05) is 35.2 Å². The molecule has 3 heterocycles. The van der Waals surface area contributed by atoms with Crippen molar-refractivity contribution in [1.82, 2.24) is 9.97 Å². The molecule has 0 bridgehead atoms. The van der Waals surface area contributed by atoms with Crippen LogP contribution in [0.4, 0.5) is 30.4 Å². The zero-order chi connectivity index (χ0) is 24.4. The molecule has 6 nitrogen and oxygen atoms in total. The summed E-state index contributed by atoms with van der Waals surface area (Å²) in [6, 6.07) is 16.4. The first-order valence-electron chi connectivity index (χ1n) is 11.0. The second kappa shape index (κ2) is 9.17. The third-order valence-corrected chi connectivity index (χ3v) is 5.68. The van der Waals surface area contributed by atoms with Crippen LogP contribution >= 0.6 is 0 Å². The number of rotatable bonds is 5. The number of nitrogens with one attached hydrogen (secondary N) is 2. The second-order valence-corrected chi connectivity index (χ2v) is 8.10. The lowest BCUT2D eigenvalue weighted by atomic mass is 10.1. The molecular weight excluding hydrogens is 455 g/mol. The largest absolute Gasteiger partial charge is 0.444 e. The smallest absolute Gasteiger partial charge is 0.416 e. The maximum absolute atomic E-state index is 13.2. The number of pyridine rings is 1. The minimum Gasteiger partial charge on any atom is -0.444 e. The van der Waals surface area contributed by atoms with Crippen LogP contribution in [0.5, 0.6) is 0 Å². The Morgan fingerprint density at radius 1 is 1.06 bits per heavy atom. The van der Waals surface area contributed by atoms with Gasteiger partial charge in [0.15, 0.2) is 18.0 Å². The number of anilines is 3. The Labute approximate surface area is 200 Å². The number of oxazole rings is 1. The maximum Gasteiger partial charge on any atom is 0.416 e. The molecule has 0 saturated carbocycles. The molecular formula is C26H22F3N5O. The number of hydrogen-bond acceptors (Lipinski definition) is 6. The highest BCUT2D eigenvalue weighted by molar-refractivity contribution is 5.75. The lowest BCUT2D eigenvalue weighted by Crippen LogP contribution is -2.28. The average Bonchev–Trinajstić information content (AvgIpc) is 3.31. The Kier molecular flexibility index (Phi) is 5.90. The molecule has 4 aromatic rings. The van der Waals surface area contributed by atoms with Crippen molar-refractivity contribution in [3.05, 3.63) is 91.2 Å². The number of hydrogen-bond donors (Lipinski definition) is 2. The minimum atomic E-state index is -4.42. The monoisotopic (exact) mass is 477 g/mol. The highest BCUT2D eigenvalue weighted by atomic mass is 19.4. The van der Waals surface area contributed by atoms with Crippen LogP contribution < -0.4 is 15.5 Å². The summed E-state index contributed by atoms with van der Waals surface area (Å²) < 4.78 is 45.1. The first-order valence-corrected chi connectivity index (χ1v) is 11.0. The van der Waals surface area contributed by atoms with E-state index in [0.29, 0.717) is 35.2 Å². The first kappa shape index (κ1) is 22.5. The van der Waals surface area contributed by atoms with Gasteiger partial charge in [-0.2, -0.15) is 13.2 Å². The predicted octanol–water partition coefficient (Wildman–Crippen LogP) is 6.63. The SMILES string of the molecule is C=C(Nc1cccc(-c2cnco2)c1)N1CCCNc2ccc(-c3cccc(C(F)(F)F)c3)nc21. The molecule has 0 radical (unpaired) electrons. The van der Waals surface area contributed by atoms with Gasteiger partial charge in [0, 0.05) is 29.9 Å². The second-order valence-electron chi connectivity index (χ2n) is 8.10. The molecule has 0 atom stereocenters. The molecule has 0 spiro atoms. The third-order valence-electron chi connectivity index (χ3n) is 5.68. The van der Waals surface area contributed by atoms with E-state index in [1.165, 1.54) is 12.5 Å². The molecule has 0 saturated heterocycles. The van der Waals surface area contributed by atoms with Gasteiger partial charge in [0.25, 0.3) is 0 Å². The van der Waals surface area contributed by atoms with Gasteiger partial charge in [-0.3, -0.25) is 0 Å². The normalized spacial score (nSPS) is 13.5. The van der Waals surface area contributed by atoms with Gasteiger partial charge in [-0.05, 0) is 42.8 Å². The van der Waals surface area contributed by atoms with Crippen molar-refractivity contribution in [2.24, 2.45) is 0 Å². The van der Waals surface area contributed by atoms with E-state index in [0.717, 1.165) is 42.0 Å². The number of alkyl halides is 3. The van der Waals surface area contributed by atoms with E-state index in [-0.39, 0.29) is 0 Å². The number of fused-ring (bicyclic) bond motifs is 1. The third kappa shape index (κ3) is 4.84. The summed E-state index contributed by atoms with van der Waals surface area (Å²) in [6.07, 6.45) is -0.575. The summed E-state index contributed by atoms with van der Waals surface area (Å²) in [5.74, 6) is 1.84. The molecule has 0 amide bonds. The Morgan fingerprint density at radius 3 is 2.69 bits per heavy atom. The fourth-order valence-electron chi connectivity index (χ4n) is 3.98. The van der Waals surface area contributed by atoms with Crippen molar-refractivity contribution in [3.63, 3.8) is 0 Å². The molecule has 1 aliphatic rings. The van der Waals surface area contributed by atoms with Gasteiger partial charge in [0.05, 0.1) is 23.1 Å². The molecule has 178 valence electrons. The van der Waals surface area contributed by atoms with Crippen molar-refractivity contribution in [3.8, 4) is 22.6 Å². The summed E-state index contributed by atoms with van der Waals surface area (Å²) in [4.78, 5) is 10.6. The highest BCUT2D eigenvalue weighted by Gasteiger charge is 2.30. The number of benzene rings is 2. The van der Waals surface area contributed by atoms with Crippen molar-refractivity contribution < 1.29 is 17.6 Å². The molecule has 2 aromatic heterocycles. The van der Waals surface area contributed by atoms with Crippen LogP contribution in [0.1, 0.15) is 12.0 Å². The quantitative estimate of drug-likeness (QED) is 0.336. The van der Waals surface area contributed by atoms with Crippen LogP contribution in [0.2, 0.25) is 0 Å². The number of halogens is 3. The molecule has 5 rings (SSSR count). The van der Waals surface area contributed by atoms with E-state index in [4.69, 9.17) is 9.40 Å². The van der Waals surface area contributed by atoms with Gasteiger partial charge in [0.2, 0.25) is 0 Å². The summed E-state index contributed by atoms with van der Waals surface area (Å²) >= 11 is 0. The highest BCUT2D eigenvalue weighted by Crippen LogP contribution is 2.35. The predicted molar refractivity (Wildman–Crippen MR) is 130 cm³/mol. The topological polar surface area (TPSA) is 66.2 Å². The van der Waals surface area contributed by atoms with E-state index < -0.39 is 11.7 Å². The lowest BCUT2D eigenvalue weighted by Gasteiger charge is -2.26. The van der Waals surface area contributed by atoms with Gasteiger partial charge in [-0.1, -0.05) is 30.8 Å². The molecule has 0 unspecified atom stereocenters. The van der Waals surface area contributed by atoms with E-state index in [9.17, 15) is 13.2 Å². The fourth-order valence-corrected chi connectivity index (χ4v) is 3.98. The first-order chi connectivity index (χ1) is 16.9. The zero-order valence-corrected chi connectivity index (χ0v) is 18.6. The van der Waals surface area contributed by atoms with Crippen LogP contribution in [-0.2, 0) is 6.18 Å². The molecule has 2 N–H and O–H groups in total. The van der Waals surface area contributed by atoms with Gasteiger partial charge < -0.3 is 20.0 Å². The Hall–Kier alpha value is -4.27. The van der Waals surface area contributed by atoms with Crippen molar-refractivity contribution in [2.75, 3.05) is 28.6 Å². The van der Waals surface area contributed by atoms with Crippen LogP contribution in [0, 0.1) is 0 Å². The Bertz CT molecular complexity index is 1350. The molecule has 9 heteroatoms. The zero-order valence-electron chi connectivity index (χ0n) is 18.6. The number of aromatic nitrogens is 2. The van der Waals surface area contributed by atoms with Gasteiger partial charge in [-0.15, -0.1) is 0 Å². The van der Waals surface area contributed by atoms with Gasteiger partial charge in [0.1, 0.15) is 5.82 Å². The summed E-state index contributed by atoms with van der Waals surface area (Å²) in [7, 11) is 0. The van der Waals surface area contributed by atoms with Crippen LogP contribution in [0.25, 0.3) is 22.6 Å². The lowest BCUT2D eigenvalue weighted by molar-refractivity contribution is -0.137. The Balaban J connectivity index is 1.45. The molecule has 0 aliphatic carbocycles. The molecule has 2 aromatic carbocycles. The summed E-state index contributed by atoms with van der Waals surface area (Å²) in [6.45, 7) is 5.59. The van der Waals surface area contributed by atoms with E-state index >= 15 is 0 Å². The molecule has 35 heavy (non-hydrogen) atoms. The van der Waals surface area contributed by atoms with Crippen LogP contribution in [-0.4, -0.2) is 23.1 Å². The van der Waals surface area contributed by atoms with Gasteiger partial charge in [-0.25, -0.2) is 9.97 Å². The minimum absolute atomic E-state index is 0.394. The average molecular weight is 477 g/mol.